The number of hydrogen-bond acceptors (Lipinski definition) is 2. The van der Waals surface area contributed by atoms with E-state index in [9.17, 15) is 9.90 Å². The number of nitrogens with zero attached hydrogens (tertiary/aromatic N) is 1. The number of hydrogen-bond donors (Lipinski definition) is 2. The molecule has 2 rings (SSSR count). The van der Waals surface area contributed by atoms with E-state index >= 15 is 0 Å². The summed E-state index contributed by atoms with van der Waals surface area (Å²) >= 11 is 0. The van der Waals surface area contributed by atoms with E-state index in [0.717, 1.165) is 12.8 Å². The van der Waals surface area contributed by atoms with Gasteiger partial charge in [0.05, 0.1) is 12.6 Å². The fourth-order valence-corrected chi connectivity index (χ4v) is 3.47. The van der Waals surface area contributed by atoms with Crippen LogP contribution in [0.4, 0.5) is 4.79 Å². The van der Waals surface area contributed by atoms with Gasteiger partial charge in [0.2, 0.25) is 0 Å². The Hall–Kier alpha value is -0.770. The first-order valence-corrected chi connectivity index (χ1v) is 5.90. The number of rotatable bonds is 1. The van der Waals surface area contributed by atoms with Crippen molar-refractivity contribution in [3.05, 3.63) is 0 Å². The molecule has 4 heteroatoms. The summed E-state index contributed by atoms with van der Waals surface area (Å²) in [5.74, 6) is 0.596. The minimum Gasteiger partial charge on any atom is -0.465 e. The summed E-state index contributed by atoms with van der Waals surface area (Å²) in [4.78, 5) is 12.5. The topological polar surface area (TPSA) is 60.8 Å². The molecule has 1 spiro atoms. The second-order valence-corrected chi connectivity index (χ2v) is 6.44. The molecule has 3 atom stereocenters. The fourth-order valence-electron chi connectivity index (χ4n) is 3.47. The lowest BCUT2D eigenvalue weighted by Crippen LogP contribution is -2.36. The fraction of sp³-hybridized carbons (Fsp3) is 0.917. The van der Waals surface area contributed by atoms with Gasteiger partial charge in [0, 0.05) is 6.54 Å². The van der Waals surface area contributed by atoms with Crippen molar-refractivity contribution in [1.29, 1.82) is 0 Å². The average Bonchev–Trinajstić information content (AvgIpc) is 2.70. The zero-order valence-corrected chi connectivity index (χ0v) is 10.2. The zero-order valence-electron chi connectivity index (χ0n) is 10.2. The number of aliphatic hydroxyl groups excluding tert-OH is 1. The maximum atomic E-state index is 11.1. The number of carboxylic acid groups (broad SMARTS) is 1. The van der Waals surface area contributed by atoms with E-state index in [4.69, 9.17) is 5.11 Å². The van der Waals surface area contributed by atoms with Crippen LogP contribution in [-0.4, -0.2) is 40.4 Å². The molecule has 4 nitrogen and oxygen atoms in total. The Labute approximate surface area is 96.3 Å². The van der Waals surface area contributed by atoms with Crippen LogP contribution in [0.1, 0.15) is 33.6 Å². The molecular formula is C12H21NO3. The number of aliphatic hydroxyl groups is 1. The molecule has 0 bridgehead atoms. The van der Waals surface area contributed by atoms with E-state index in [1.807, 2.05) is 0 Å². The Morgan fingerprint density at radius 2 is 2.06 bits per heavy atom. The summed E-state index contributed by atoms with van der Waals surface area (Å²) in [7, 11) is 0. The first-order chi connectivity index (χ1) is 7.30. The molecule has 1 heterocycles. The van der Waals surface area contributed by atoms with Crippen molar-refractivity contribution in [2.24, 2.45) is 16.7 Å². The monoisotopic (exact) mass is 227 g/mol. The van der Waals surface area contributed by atoms with Gasteiger partial charge in [-0.3, -0.25) is 0 Å². The van der Waals surface area contributed by atoms with E-state index in [-0.39, 0.29) is 23.5 Å². The minimum atomic E-state index is -0.893. The average molecular weight is 227 g/mol. The van der Waals surface area contributed by atoms with Crippen LogP contribution in [0.5, 0.6) is 0 Å². The van der Waals surface area contributed by atoms with Gasteiger partial charge in [0.15, 0.2) is 0 Å². The highest BCUT2D eigenvalue weighted by Crippen LogP contribution is 2.66. The molecule has 0 radical (unpaired) electrons. The summed E-state index contributed by atoms with van der Waals surface area (Å²) in [5.41, 5.74) is 0.401. The standard InChI is InChI=1S/C12H21NO3/c1-11(2,3)9-5-12(9)4-8(6-14)13(7-12)10(15)16/h8-9,14H,4-7H2,1-3H3,(H,15,16)/t8?,9-,12?/m0/s1. The first-order valence-electron chi connectivity index (χ1n) is 5.90. The molecule has 0 aromatic carbocycles. The van der Waals surface area contributed by atoms with Crippen LogP contribution in [-0.2, 0) is 0 Å². The zero-order chi connectivity index (χ0) is 12.1. The van der Waals surface area contributed by atoms with E-state index in [0.29, 0.717) is 12.5 Å². The third-order valence-corrected chi connectivity index (χ3v) is 4.26. The third kappa shape index (κ3) is 1.69. The molecule has 2 unspecified atom stereocenters. The smallest absolute Gasteiger partial charge is 0.407 e. The molecule has 0 aromatic rings. The molecule has 1 saturated carbocycles. The lowest BCUT2D eigenvalue weighted by Gasteiger charge is -2.22. The molecule has 92 valence electrons. The summed E-state index contributed by atoms with van der Waals surface area (Å²) in [5, 5.41) is 18.3. The Morgan fingerprint density at radius 3 is 2.38 bits per heavy atom. The third-order valence-electron chi connectivity index (χ3n) is 4.26. The van der Waals surface area contributed by atoms with Crippen molar-refractivity contribution in [2.45, 2.75) is 39.7 Å². The molecule has 16 heavy (non-hydrogen) atoms. The van der Waals surface area contributed by atoms with E-state index < -0.39 is 6.09 Å². The number of amides is 1. The number of likely N-dealkylation sites (tertiary alicyclic amines) is 1. The van der Waals surface area contributed by atoms with E-state index in [1.165, 1.54) is 4.90 Å². The van der Waals surface area contributed by atoms with Crippen LogP contribution in [0.15, 0.2) is 0 Å². The SMILES string of the molecule is CC(C)(C)[C@@H]1CC12CC(CO)N(C(=O)O)C2. The van der Waals surface area contributed by atoms with Gasteiger partial charge in [-0.1, -0.05) is 20.8 Å². The highest BCUT2D eigenvalue weighted by molar-refractivity contribution is 5.66. The highest BCUT2D eigenvalue weighted by atomic mass is 16.4. The second-order valence-electron chi connectivity index (χ2n) is 6.44. The lowest BCUT2D eigenvalue weighted by atomic mass is 9.83. The summed E-state index contributed by atoms with van der Waals surface area (Å²) in [6.45, 7) is 7.19. The molecule has 2 fully saturated rings. The van der Waals surface area contributed by atoms with Crippen molar-refractivity contribution in [2.75, 3.05) is 13.2 Å². The van der Waals surface area contributed by atoms with Gasteiger partial charge in [-0.05, 0) is 29.6 Å². The Kier molecular flexibility index (Phi) is 2.46. The van der Waals surface area contributed by atoms with E-state index in [1.54, 1.807) is 0 Å². The highest BCUT2D eigenvalue weighted by Gasteiger charge is 2.64. The normalized spacial score (nSPS) is 38.1. The Balaban J connectivity index is 2.10. The van der Waals surface area contributed by atoms with E-state index in [2.05, 4.69) is 20.8 Å². The molecule has 1 saturated heterocycles. The maximum absolute atomic E-state index is 11.1. The predicted molar refractivity (Wildman–Crippen MR) is 60.2 cm³/mol. The van der Waals surface area contributed by atoms with Crippen LogP contribution < -0.4 is 0 Å². The van der Waals surface area contributed by atoms with Gasteiger partial charge in [0.1, 0.15) is 0 Å². The van der Waals surface area contributed by atoms with Crippen molar-refractivity contribution >= 4 is 6.09 Å². The van der Waals surface area contributed by atoms with Gasteiger partial charge < -0.3 is 15.1 Å². The molecular weight excluding hydrogens is 206 g/mol. The Bertz CT molecular complexity index is 310. The van der Waals surface area contributed by atoms with Crippen molar-refractivity contribution in [1.82, 2.24) is 4.90 Å². The molecule has 0 aromatic heterocycles. The van der Waals surface area contributed by atoms with Gasteiger partial charge >= 0.3 is 6.09 Å². The summed E-state index contributed by atoms with van der Waals surface area (Å²) in [6, 6.07) is -0.190. The second kappa shape index (κ2) is 3.36. The maximum Gasteiger partial charge on any atom is 0.407 e. The van der Waals surface area contributed by atoms with Gasteiger partial charge in [-0.15, -0.1) is 0 Å². The lowest BCUT2D eigenvalue weighted by molar-refractivity contribution is 0.117. The molecule has 1 aliphatic carbocycles. The molecule has 2 aliphatic rings. The van der Waals surface area contributed by atoms with Crippen molar-refractivity contribution < 1.29 is 15.0 Å². The molecule has 2 N–H and O–H groups in total. The van der Waals surface area contributed by atoms with Crippen LogP contribution >= 0.6 is 0 Å². The predicted octanol–water partition coefficient (Wildman–Crippen LogP) is 1.78. The molecule has 1 amide bonds. The van der Waals surface area contributed by atoms with Crippen LogP contribution in [0.3, 0.4) is 0 Å². The van der Waals surface area contributed by atoms with Crippen molar-refractivity contribution in [3.8, 4) is 0 Å². The summed E-state index contributed by atoms with van der Waals surface area (Å²) < 4.78 is 0. The Morgan fingerprint density at radius 1 is 1.44 bits per heavy atom. The van der Waals surface area contributed by atoms with Gasteiger partial charge in [-0.2, -0.15) is 0 Å². The van der Waals surface area contributed by atoms with Crippen molar-refractivity contribution in [3.63, 3.8) is 0 Å². The van der Waals surface area contributed by atoms with Crippen LogP contribution in [0, 0.1) is 16.7 Å². The molecule has 1 aliphatic heterocycles. The quantitative estimate of drug-likeness (QED) is 0.718. The van der Waals surface area contributed by atoms with Crippen LogP contribution in [0.25, 0.3) is 0 Å². The summed E-state index contributed by atoms with van der Waals surface area (Å²) in [6.07, 6.45) is 1.05. The number of carbonyl (C=O) groups is 1. The van der Waals surface area contributed by atoms with Crippen LogP contribution in [0.2, 0.25) is 0 Å². The largest absolute Gasteiger partial charge is 0.465 e. The first kappa shape index (κ1) is 11.7. The van der Waals surface area contributed by atoms with Gasteiger partial charge in [-0.25, -0.2) is 4.79 Å². The minimum absolute atomic E-state index is 0.0507. The van der Waals surface area contributed by atoms with Gasteiger partial charge in [0.25, 0.3) is 0 Å².